The Morgan fingerprint density at radius 2 is 0.446 bits per heavy atom. The van der Waals surface area contributed by atoms with E-state index >= 15 is 0 Å². The number of hydrogen-bond acceptors (Lipinski definition) is 3. The SMILES string of the molecule is C1CCC(N([P-]P([P-]N(C2CCCCC2)C2CCCCC2)N(C2CCCCC2)C2CCCCC2)C2CCCCC2)CC1.[C-]#[O+].[C-]#[O+].[C-]#[O+].[C-]#[O+].[C-]#[O+].[C-]#[O+].[Fe].[Fe]. The van der Waals surface area contributed by atoms with Gasteiger partial charge in [-0.3, -0.25) is 0 Å². The minimum atomic E-state index is -0.218. The van der Waals surface area contributed by atoms with Crippen molar-refractivity contribution in [2.45, 2.75) is 229 Å². The summed E-state index contributed by atoms with van der Waals surface area (Å²) < 4.78 is 54.8. The summed E-state index contributed by atoms with van der Waals surface area (Å²) in [5.41, 5.74) is 0. The summed E-state index contributed by atoms with van der Waals surface area (Å²) in [6, 6.07) is 5.27. The Morgan fingerprint density at radius 1 is 0.286 bits per heavy atom. The van der Waals surface area contributed by atoms with Crippen molar-refractivity contribution in [3.8, 4) is 0 Å². The van der Waals surface area contributed by atoms with Crippen molar-refractivity contribution in [2.75, 3.05) is 0 Å². The van der Waals surface area contributed by atoms with Crippen LogP contribution in [-0.2, 0) is 62.1 Å². The van der Waals surface area contributed by atoms with Crippen molar-refractivity contribution < 1.29 is 62.1 Å². The molecule has 0 spiro atoms. The minimum Gasteiger partial charge on any atom is 0 e. The molecular formula is C42H66Fe2N3O6P3-2. The molecule has 6 aliphatic carbocycles. The van der Waals surface area contributed by atoms with Crippen molar-refractivity contribution in [1.29, 1.82) is 0 Å². The Balaban J connectivity index is -0.00000184. The van der Waals surface area contributed by atoms with Crippen LogP contribution in [0.3, 0.4) is 0 Å². The minimum absolute atomic E-state index is 0. The molecule has 14 heteroatoms. The van der Waals surface area contributed by atoms with Gasteiger partial charge in [-0.05, 0) is 101 Å². The van der Waals surface area contributed by atoms with Crippen molar-refractivity contribution in [3.05, 3.63) is 39.9 Å². The maximum atomic E-state index is 7.50. The van der Waals surface area contributed by atoms with Gasteiger partial charge in [0.2, 0.25) is 0 Å². The summed E-state index contributed by atoms with van der Waals surface area (Å²) in [5, 5.41) is 0. The van der Waals surface area contributed by atoms with Crippen LogP contribution in [0.25, 0.3) is 0 Å². The molecule has 0 heterocycles. The smallest absolute Gasteiger partial charge is 0 e. The third-order valence-corrected chi connectivity index (χ3v) is 20.3. The predicted octanol–water partition coefficient (Wildman–Crippen LogP) is 12.6. The van der Waals surface area contributed by atoms with Gasteiger partial charge in [-0.25, -0.2) is 0 Å². The quantitative estimate of drug-likeness (QED) is 0.0885. The first-order valence-corrected chi connectivity index (χ1v) is 25.1. The zero-order valence-electron chi connectivity index (χ0n) is 33.5. The second-order valence-electron chi connectivity index (χ2n) is 15.3. The van der Waals surface area contributed by atoms with Crippen molar-refractivity contribution in [1.82, 2.24) is 14.0 Å². The third-order valence-electron chi connectivity index (χ3n) is 12.3. The maximum absolute atomic E-state index is 7.50. The standard InChI is InChI=1S/C36H66N3P3.6CO.2Fe/c1-7-19-31(20-8-1)37(32-21-9-2-10-22-32)40-42(39(35-27-15-5-16-28-35)36-29-17-6-18-30-36)41-38(33-23-11-3-12-24-33)34-25-13-4-14-26-34;6*1-2;;/h31-36H,1-30H2;;;;;;;;/q-2;;;;;;;;. The molecule has 6 rings (SSSR count). The van der Waals surface area contributed by atoms with Crippen LogP contribution in [0.1, 0.15) is 193 Å². The average Bonchev–Trinajstić information content (AvgIpc) is 3.30. The predicted molar refractivity (Wildman–Crippen MR) is 211 cm³/mol. The Hall–Kier alpha value is 0.649. The number of hydrogen-bond donors (Lipinski definition) is 0. The Labute approximate surface area is 367 Å². The fourth-order valence-corrected chi connectivity index (χ4v) is 20.3. The fraction of sp³-hybridized carbons (Fsp3) is 0.857. The summed E-state index contributed by atoms with van der Waals surface area (Å²) in [4.78, 5) is 0. The number of rotatable bonds is 11. The van der Waals surface area contributed by atoms with Gasteiger partial charge >= 0.3 is 67.8 Å². The molecule has 56 heavy (non-hydrogen) atoms. The van der Waals surface area contributed by atoms with Crippen LogP contribution in [0.2, 0.25) is 0 Å². The topological polar surface area (TPSA) is 129 Å². The summed E-state index contributed by atoms with van der Waals surface area (Å²) in [6.45, 7) is 27.0. The first-order chi connectivity index (χ1) is 26.9. The van der Waals surface area contributed by atoms with E-state index in [1.54, 1.807) is 0 Å². The molecule has 0 amide bonds. The molecule has 0 aromatic rings. The monoisotopic (exact) mass is 913 g/mol. The van der Waals surface area contributed by atoms with E-state index in [9.17, 15) is 0 Å². The zero-order valence-corrected chi connectivity index (χ0v) is 38.4. The van der Waals surface area contributed by atoms with Crippen molar-refractivity contribution in [2.24, 2.45) is 0 Å². The molecule has 0 aliphatic heterocycles. The molecule has 0 bridgehead atoms. The van der Waals surface area contributed by atoms with Crippen molar-refractivity contribution >= 4 is 24.3 Å². The van der Waals surface area contributed by atoms with Crippen LogP contribution < -0.4 is 0 Å². The zero-order chi connectivity index (χ0) is 40.4. The fourth-order valence-electron chi connectivity index (χ4n) is 9.85. The molecule has 6 aliphatic rings. The van der Waals surface area contributed by atoms with Gasteiger partial charge in [0.15, 0.2) is 0 Å². The molecule has 0 saturated heterocycles. The van der Waals surface area contributed by atoms with Gasteiger partial charge in [0.25, 0.3) is 0 Å². The second kappa shape index (κ2) is 42.3. The molecule has 0 aromatic heterocycles. The molecule has 9 nitrogen and oxygen atoms in total. The summed E-state index contributed by atoms with van der Waals surface area (Å²) in [7, 11) is 3.40. The largest absolute Gasteiger partial charge is 0 e. The summed E-state index contributed by atoms with van der Waals surface area (Å²) >= 11 is 0. The van der Waals surface area contributed by atoms with Crippen LogP contribution in [-0.4, -0.2) is 50.3 Å². The van der Waals surface area contributed by atoms with Crippen LogP contribution in [0.15, 0.2) is 0 Å². The van der Waals surface area contributed by atoms with E-state index in [1.165, 1.54) is 193 Å². The molecule has 0 atom stereocenters. The van der Waals surface area contributed by atoms with Gasteiger partial charge in [-0.1, -0.05) is 116 Å². The van der Waals surface area contributed by atoms with E-state index < -0.39 is 0 Å². The Kier molecular flexibility index (Phi) is 46.1. The molecular weight excluding hydrogens is 847 g/mol. The van der Waals surface area contributed by atoms with Gasteiger partial charge in [-0.15, -0.1) is 0 Å². The molecule has 6 saturated carbocycles. The normalized spacial score (nSPS) is 22.1. The molecule has 318 valence electrons. The van der Waals surface area contributed by atoms with Crippen molar-refractivity contribution in [3.63, 3.8) is 0 Å². The molecule has 0 unspecified atom stereocenters. The molecule has 0 N–H and O–H groups in total. The maximum Gasteiger partial charge on any atom is 0 e. The first-order valence-electron chi connectivity index (χ1n) is 20.7. The van der Waals surface area contributed by atoms with E-state index in [-0.39, 0.29) is 41.6 Å². The Bertz CT molecular complexity index is 876. The van der Waals surface area contributed by atoms with Gasteiger partial charge in [0.05, 0.1) is 0 Å². The first kappa shape index (κ1) is 61.0. The molecule has 0 aromatic carbocycles. The van der Waals surface area contributed by atoms with Crippen LogP contribution in [0.4, 0.5) is 0 Å². The van der Waals surface area contributed by atoms with Crippen LogP contribution >= 0.6 is 24.3 Å². The van der Waals surface area contributed by atoms with E-state index in [0.29, 0.717) is 0 Å². The number of nitrogens with zero attached hydrogens (tertiary/aromatic N) is 3. The van der Waals surface area contributed by atoms with E-state index in [1.807, 2.05) is 16.8 Å². The summed E-state index contributed by atoms with van der Waals surface area (Å²) in [5.74, 6) is 0. The van der Waals surface area contributed by atoms with Crippen LogP contribution in [0, 0.1) is 39.9 Å². The van der Waals surface area contributed by atoms with E-state index in [4.69, 9.17) is 27.9 Å². The van der Waals surface area contributed by atoms with Gasteiger partial charge in [0, 0.05) is 46.2 Å². The summed E-state index contributed by atoms with van der Waals surface area (Å²) in [6.07, 6.45) is 44.8. The van der Waals surface area contributed by atoms with E-state index in [2.05, 4.69) is 53.9 Å². The molecule has 0 radical (unpaired) electrons. The van der Waals surface area contributed by atoms with Gasteiger partial charge < -0.3 is 38.3 Å². The third kappa shape index (κ3) is 22.0. The van der Waals surface area contributed by atoms with Gasteiger partial charge in [0.1, 0.15) is 0 Å². The Morgan fingerprint density at radius 3 is 0.625 bits per heavy atom. The van der Waals surface area contributed by atoms with Gasteiger partial charge in [-0.2, -0.15) is 0 Å². The molecule has 6 fully saturated rings. The van der Waals surface area contributed by atoms with Crippen LogP contribution in [0.5, 0.6) is 0 Å². The second-order valence-corrected chi connectivity index (χ2v) is 21.9. The van der Waals surface area contributed by atoms with E-state index in [0.717, 1.165) is 36.3 Å². The average molecular weight is 914 g/mol.